The number of allylic oxidation sites excluding steroid dienone is 1. The fraction of sp³-hybridized carbons (Fsp3) is 0.207. The zero-order valence-electron chi connectivity index (χ0n) is 20.6. The number of pyridine rings is 1. The molecule has 8 nitrogen and oxygen atoms in total. The topological polar surface area (TPSA) is 99.9 Å². The minimum atomic E-state index is -0.568. The third kappa shape index (κ3) is 5.04. The number of methoxy groups -OCH3 is 2. The molecule has 0 aliphatic heterocycles. The van der Waals surface area contributed by atoms with Gasteiger partial charge in [-0.3, -0.25) is 4.79 Å². The number of carbonyl (C=O) groups excluding carboxylic acids is 2. The average molecular weight is 499 g/mol. The van der Waals surface area contributed by atoms with Gasteiger partial charge in [-0.05, 0) is 66.8 Å². The lowest BCUT2D eigenvalue weighted by Gasteiger charge is -2.22. The standard InChI is InChI=1S/C29H26N2O6/c1-34-19-12-13-25(35-2)24(16-19)30-26(32)17-37-29(33)27-21-9-3-4-11-23(21)31-28-18(7-5-10-22(27)28)15-20-8-6-14-36-20/h3-4,6,8-9,11-16H,5,7,10,17H2,1-2H3,(H,30,32)/b18-15-. The molecule has 0 bridgehead atoms. The Bertz CT molecular complexity index is 1490. The zero-order chi connectivity index (χ0) is 25.8. The SMILES string of the molecule is COc1ccc(OC)c(NC(=O)COC(=O)c2c3c(nc4ccccc24)/C(=C\c2ccco2)CCC3)c1. The van der Waals surface area contributed by atoms with Crippen molar-refractivity contribution in [3.05, 3.63) is 83.4 Å². The van der Waals surface area contributed by atoms with Crippen LogP contribution in [0.3, 0.4) is 0 Å². The number of amides is 1. The monoisotopic (exact) mass is 498 g/mol. The first-order valence-electron chi connectivity index (χ1n) is 11.9. The minimum absolute atomic E-state index is 0.419. The van der Waals surface area contributed by atoms with Gasteiger partial charge in [-0.1, -0.05) is 18.2 Å². The van der Waals surface area contributed by atoms with Gasteiger partial charge in [0.1, 0.15) is 17.3 Å². The maximum atomic E-state index is 13.4. The average Bonchev–Trinajstić information content (AvgIpc) is 3.44. The number of nitrogens with zero attached hydrogens (tertiary/aromatic N) is 1. The molecule has 37 heavy (non-hydrogen) atoms. The fourth-order valence-corrected chi connectivity index (χ4v) is 4.55. The number of aromatic nitrogens is 1. The lowest BCUT2D eigenvalue weighted by Crippen LogP contribution is -2.23. The Morgan fingerprint density at radius 3 is 2.70 bits per heavy atom. The molecule has 2 aromatic heterocycles. The lowest BCUT2D eigenvalue weighted by molar-refractivity contribution is -0.119. The Labute approximate surface area is 213 Å². The molecule has 1 amide bonds. The van der Waals surface area contributed by atoms with E-state index in [1.165, 1.54) is 14.2 Å². The highest BCUT2D eigenvalue weighted by Crippen LogP contribution is 2.36. The summed E-state index contributed by atoms with van der Waals surface area (Å²) in [6.07, 6.45) is 5.94. The van der Waals surface area contributed by atoms with Crippen molar-refractivity contribution < 1.29 is 28.2 Å². The van der Waals surface area contributed by atoms with E-state index in [4.69, 9.17) is 23.6 Å². The van der Waals surface area contributed by atoms with Crippen molar-refractivity contribution in [2.24, 2.45) is 0 Å². The maximum Gasteiger partial charge on any atom is 0.339 e. The molecule has 8 heteroatoms. The van der Waals surface area contributed by atoms with E-state index < -0.39 is 18.5 Å². The van der Waals surface area contributed by atoms with Crippen LogP contribution >= 0.6 is 0 Å². The van der Waals surface area contributed by atoms with Gasteiger partial charge in [0.15, 0.2) is 6.61 Å². The number of para-hydroxylation sites is 1. The second-order valence-corrected chi connectivity index (χ2v) is 8.56. The van der Waals surface area contributed by atoms with Crippen LogP contribution < -0.4 is 14.8 Å². The predicted octanol–water partition coefficient (Wildman–Crippen LogP) is 5.52. The highest BCUT2D eigenvalue weighted by atomic mass is 16.5. The van der Waals surface area contributed by atoms with Crippen LogP contribution in [-0.2, 0) is 16.0 Å². The van der Waals surface area contributed by atoms with Crippen LogP contribution in [0.1, 0.15) is 40.2 Å². The highest BCUT2D eigenvalue weighted by Gasteiger charge is 2.26. The van der Waals surface area contributed by atoms with Gasteiger partial charge in [-0.25, -0.2) is 9.78 Å². The molecule has 2 aromatic carbocycles. The Hall–Kier alpha value is -4.59. The fourth-order valence-electron chi connectivity index (χ4n) is 4.55. The Balaban J connectivity index is 1.43. The summed E-state index contributed by atoms with van der Waals surface area (Å²) in [6.45, 7) is -0.459. The highest BCUT2D eigenvalue weighted by molar-refractivity contribution is 6.07. The maximum absolute atomic E-state index is 13.4. The molecule has 1 aliphatic rings. The molecule has 0 fully saturated rings. The molecular weight excluding hydrogens is 472 g/mol. The number of esters is 1. The van der Waals surface area contributed by atoms with E-state index in [0.29, 0.717) is 40.1 Å². The molecule has 1 aliphatic carbocycles. The second kappa shape index (κ2) is 10.6. The quantitative estimate of drug-likeness (QED) is 0.335. The van der Waals surface area contributed by atoms with Crippen molar-refractivity contribution in [3.63, 3.8) is 0 Å². The lowest BCUT2D eigenvalue weighted by atomic mass is 9.86. The van der Waals surface area contributed by atoms with Gasteiger partial charge < -0.3 is 23.9 Å². The molecular formula is C29H26N2O6. The number of ether oxygens (including phenoxy) is 3. The van der Waals surface area contributed by atoms with Crippen molar-refractivity contribution in [2.45, 2.75) is 19.3 Å². The van der Waals surface area contributed by atoms with Crippen LogP contribution in [-0.4, -0.2) is 37.7 Å². The Kier molecular flexibility index (Phi) is 6.89. The normalized spacial score (nSPS) is 13.7. The largest absolute Gasteiger partial charge is 0.497 e. The van der Waals surface area contributed by atoms with Crippen LogP contribution in [0.4, 0.5) is 5.69 Å². The third-order valence-corrected chi connectivity index (χ3v) is 6.25. The van der Waals surface area contributed by atoms with E-state index in [0.717, 1.165) is 35.4 Å². The Morgan fingerprint density at radius 1 is 1.05 bits per heavy atom. The molecule has 0 saturated carbocycles. The van der Waals surface area contributed by atoms with E-state index in [1.807, 2.05) is 42.5 Å². The second-order valence-electron chi connectivity index (χ2n) is 8.56. The van der Waals surface area contributed by atoms with Gasteiger partial charge in [-0.15, -0.1) is 0 Å². The van der Waals surface area contributed by atoms with Gasteiger partial charge in [0, 0.05) is 11.5 Å². The number of anilines is 1. The number of hydrogen-bond acceptors (Lipinski definition) is 7. The van der Waals surface area contributed by atoms with E-state index >= 15 is 0 Å². The minimum Gasteiger partial charge on any atom is -0.497 e. The molecule has 0 saturated heterocycles. The first-order chi connectivity index (χ1) is 18.1. The molecule has 1 N–H and O–H groups in total. The van der Waals surface area contributed by atoms with Gasteiger partial charge in [0.2, 0.25) is 0 Å². The van der Waals surface area contributed by atoms with Crippen molar-refractivity contribution in [2.75, 3.05) is 26.1 Å². The molecule has 5 rings (SSSR count). The molecule has 4 aromatic rings. The van der Waals surface area contributed by atoms with Gasteiger partial charge in [0.05, 0.1) is 42.9 Å². The molecule has 0 atom stereocenters. The van der Waals surface area contributed by atoms with Crippen LogP contribution in [0.5, 0.6) is 11.5 Å². The molecule has 2 heterocycles. The number of fused-ring (bicyclic) bond motifs is 2. The van der Waals surface area contributed by atoms with E-state index in [-0.39, 0.29) is 0 Å². The van der Waals surface area contributed by atoms with Crippen LogP contribution in [0.15, 0.2) is 65.3 Å². The number of rotatable bonds is 7. The van der Waals surface area contributed by atoms with Crippen molar-refractivity contribution >= 4 is 40.1 Å². The van der Waals surface area contributed by atoms with Crippen molar-refractivity contribution in [1.82, 2.24) is 4.98 Å². The van der Waals surface area contributed by atoms with Crippen LogP contribution in [0.25, 0.3) is 22.6 Å². The number of furan rings is 1. The zero-order valence-corrected chi connectivity index (χ0v) is 20.6. The van der Waals surface area contributed by atoms with Gasteiger partial charge in [0.25, 0.3) is 5.91 Å². The number of hydrogen-bond donors (Lipinski definition) is 1. The van der Waals surface area contributed by atoms with Crippen molar-refractivity contribution in [3.8, 4) is 11.5 Å². The van der Waals surface area contributed by atoms with E-state index in [9.17, 15) is 9.59 Å². The van der Waals surface area contributed by atoms with Crippen molar-refractivity contribution in [1.29, 1.82) is 0 Å². The first kappa shape index (κ1) is 24.1. The summed E-state index contributed by atoms with van der Waals surface area (Å²) in [5.74, 6) is 0.686. The predicted molar refractivity (Wildman–Crippen MR) is 140 cm³/mol. The summed E-state index contributed by atoms with van der Waals surface area (Å²) in [4.78, 5) is 31.0. The van der Waals surface area contributed by atoms with Gasteiger partial charge >= 0.3 is 5.97 Å². The third-order valence-electron chi connectivity index (χ3n) is 6.25. The summed E-state index contributed by atoms with van der Waals surface area (Å²) in [6, 6.07) is 16.2. The molecule has 188 valence electrons. The van der Waals surface area contributed by atoms with E-state index in [2.05, 4.69) is 5.32 Å². The summed E-state index contributed by atoms with van der Waals surface area (Å²) >= 11 is 0. The first-order valence-corrected chi connectivity index (χ1v) is 11.9. The Morgan fingerprint density at radius 2 is 1.92 bits per heavy atom. The summed E-state index contributed by atoms with van der Waals surface area (Å²) in [5, 5.41) is 3.42. The number of nitrogens with one attached hydrogen (secondary N) is 1. The molecule has 0 unspecified atom stereocenters. The van der Waals surface area contributed by atoms with Crippen LogP contribution in [0.2, 0.25) is 0 Å². The molecule has 0 radical (unpaired) electrons. The number of benzene rings is 2. The number of carbonyl (C=O) groups is 2. The van der Waals surface area contributed by atoms with Gasteiger partial charge in [-0.2, -0.15) is 0 Å². The summed E-state index contributed by atoms with van der Waals surface area (Å²) in [5.41, 5.74) is 4.13. The molecule has 0 spiro atoms. The van der Waals surface area contributed by atoms with E-state index in [1.54, 1.807) is 24.5 Å². The van der Waals surface area contributed by atoms with Crippen LogP contribution in [0, 0.1) is 0 Å². The smallest absolute Gasteiger partial charge is 0.339 e. The summed E-state index contributed by atoms with van der Waals surface area (Å²) in [7, 11) is 3.04. The summed E-state index contributed by atoms with van der Waals surface area (Å²) < 4.78 is 21.5.